The summed E-state index contributed by atoms with van der Waals surface area (Å²) in [5.74, 6) is 0.658. The average Bonchev–Trinajstić information content (AvgIpc) is 2.62. The Morgan fingerprint density at radius 1 is 1.15 bits per heavy atom. The number of piperidine rings is 1. The molecule has 0 aromatic heterocycles. The molecule has 0 aliphatic carbocycles. The van der Waals surface area contributed by atoms with E-state index in [0.29, 0.717) is 28.8 Å². The Hall–Kier alpha value is -1.81. The average molecular weight is 404 g/mol. The van der Waals surface area contributed by atoms with E-state index >= 15 is 0 Å². The number of likely N-dealkylation sites (tertiary alicyclic amines) is 1. The summed E-state index contributed by atoms with van der Waals surface area (Å²) in [5.41, 5.74) is 2.83. The summed E-state index contributed by atoms with van der Waals surface area (Å²) in [6.07, 6.45) is 2.39. The molecule has 27 heavy (non-hydrogen) atoms. The first-order chi connectivity index (χ1) is 12.9. The Kier molecular flexibility index (Phi) is 6.59. The third kappa shape index (κ3) is 5.35. The van der Waals surface area contributed by atoms with E-state index in [0.717, 1.165) is 24.2 Å². The maximum absolute atomic E-state index is 12.4. The third-order valence-electron chi connectivity index (χ3n) is 4.37. The highest BCUT2D eigenvalue weighted by molar-refractivity contribution is 6.37. The summed E-state index contributed by atoms with van der Waals surface area (Å²) in [5, 5.41) is 0.903. The molecule has 1 aliphatic rings. The Morgan fingerprint density at radius 3 is 2.44 bits per heavy atom. The molecule has 0 N–H and O–H groups in total. The number of hydrogen-bond donors (Lipinski definition) is 0. The van der Waals surface area contributed by atoms with Gasteiger partial charge in [0.25, 0.3) is 0 Å². The highest BCUT2D eigenvalue weighted by atomic mass is 35.5. The van der Waals surface area contributed by atoms with Crippen molar-refractivity contribution in [2.75, 3.05) is 13.1 Å². The summed E-state index contributed by atoms with van der Waals surface area (Å²) in [6.45, 7) is 6.06. The van der Waals surface area contributed by atoms with Crippen LogP contribution in [0.2, 0.25) is 10.0 Å². The predicted octanol–water partition coefficient (Wildman–Crippen LogP) is 5.64. The molecule has 0 spiro atoms. The van der Waals surface area contributed by atoms with E-state index in [9.17, 15) is 4.79 Å². The first kappa shape index (κ1) is 19.9. The van der Waals surface area contributed by atoms with Crippen molar-refractivity contribution in [3.63, 3.8) is 0 Å². The van der Waals surface area contributed by atoms with Gasteiger partial charge in [-0.15, -0.1) is 0 Å². The molecule has 0 unspecified atom stereocenters. The normalized spacial score (nSPS) is 16.9. The summed E-state index contributed by atoms with van der Waals surface area (Å²) >= 11 is 12.7. The van der Waals surface area contributed by atoms with Gasteiger partial charge in [0.1, 0.15) is 0 Å². The molecule has 1 heterocycles. The molecule has 1 aliphatic heterocycles. The zero-order valence-electron chi connectivity index (χ0n) is 15.5. The number of benzene rings is 2. The van der Waals surface area contributed by atoms with Gasteiger partial charge in [-0.1, -0.05) is 53.5 Å². The number of carbonyl (C=O) groups is 1. The van der Waals surface area contributed by atoms with Crippen molar-refractivity contribution < 1.29 is 9.53 Å². The fourth-order valence-corrected chi connectivity index (χ4v) is 3.74. The number of ether oxygens (including phenoxy) is 1. The van der Waals surface area contributed by atoms with Crippen LogP contribution in [-0.4, -0.2) is 29.9 Å². The summed E-state index contributed by atoms with van der Waals surface area (Å²) in [6, 6.07) is 13.9. The molecule has 1 fully saturated rings. The molecule has 142 valence electrons. The lowest BCUT2D eigenvalue weighted by atomic mass is 9.99. The number of halogens is 2. The molecule has 0 radical (unpaired) electrons. The van der Waals surface area contributed by atoms with E-state index in [1.54, 1.807) is 12.1 Å². The van der Waals surface area contributed by atoms with Gasteiger partial charge in [-0.2, -0.15) is 0 Å². The molecular weight excluding hydrogens is 381 g/mol. The number of carbonyl (C=O) groups excluding carboxylic acids is 1. The molecule has 0 bridgehead atoms. The van der Waals surface area contributed by atoms with Crippen molar-refractivity contribution in [3.05, 3.63) is 69.2 Å². The molecule has 3 nitrogen and oxygen atoms in total. The van der Waals surface area contributed by atoms with E-state index in [2.05, 4.69) is 17.0 Å². The monoisotopic (exact) mass is 403 g/mol. The van der Waals surface area contributed by atoms with Crippen molar-refractivity contribution in [2.24, 2.45) is 0 Å². The second-order valence-electron chi connectivity index (χ2n) is 7.02. The standard InChI is InChI=1S/C22H23Cl2NO2/c1-15(2)27-22-19(23)11-17(12-20(22)24)10-18-14-25(9-8-21(18)26)13-16-6-4-3-5-7-16/h3-7,10-12,15H,8-9,13-14H2,1-2H3/b18-10+. The zero-order chi connectivity index (χ0) is 19.4. The Balaban J connectivity index is 1.79. The van der Waals surface area contributed by atoms with Crippen LogP contribution in [0, 0.1) is 0 Å². The predicted molar refractivity (Wildman–Crippen MR) is 112 cm³/mol. The Morgan fingerprint density at radius 2 is 1.81 bits per heavy atom. The first-order valence-electron chi connectivity index (χ1n) is 9.08. The smallest absolute Gasteiger partial charge is 0.161 e. The van der Waals surface area contributed by atoms with E-state index in [1.807, 2.05) is 38.1 Å². The van der Waals surface area contributed by atoms with Gasteiger partial charge in [0.15, 0.2) is 11.5 Å². The van der Waals surface area contributed by atoms with Crippen LogP contribution in [-0.2, 0) is 11.3 Å². The largest absolute Gasteiger partial charge is 0.488 e. The SMILES string of the molecule is CC(C)Oc1c(Cl)cc(/C=C2\CN(Cc3ccccc3)CCC2=O)cc1Cl. The fourth-order valence-electron chi connectivity index (χ4n) is 3.14. The van der Waals surface area contributed by atoms with Gasteiger partial charge < -0.3 is 4.74 Å². The lowest BCUT2D eigenvalue weighted by molar-refractivity contribution is -0.117. The molecule has 3 rings (SSSR count). The number of nitrogens with zero attached hydrogens (tertiary/aromatic N) is 1. The number of rotatable bonds is 5. The molecule has 5 heteroatoms. The third-order valence-corrected chi connectivity index (χ3v) is 4.93. The highest BCUT2D eigenvalue weighted by Gasteiger charge is 2.22. The van der Waals surface area contributed by atoms with Crippen molar-refractivity contribution in [1.82, 2.24) is 4.90 Å². The van der Waals surface area contributed by atoms with E-state index < -0.39 is 0 Å². The maximum Gasteiger partial charge on any atom is 0.161 e. The minimum atomic E-state index is -0.0179. The lowest BCUT2D eigenvalue weighted by Crippen LogP contribution is -2.35. The van der Waals surface area contributed by atoms with E-state index in [4.69, 9.17) is 27.9 Å². The van der Waals surface area contributed by atoms with Gasteiger partial charge in [0.05, 0.1) is 16.1 Å². The van der Waals surface area contributed by atoms with E-state index in [-0.39, 0.29) is 11.9 Å². The maximum atomic E-state index is 12.4. The first-order valence-corrected chi connectivity index (χ1v) is 9.83. The van der Waals surface area contributed by atoms with Crippen LogP contribution in [0.25, 0.3) is 6.08 Å². The van der Waals surface area contributed by atoms with Crippen molar-refractivity contribution in [3.8, 4) is 5.75 Å². The van der Waals surface area contributed by atoms with Gasteiger partial charge >= 0.3 is 0 Å². The highest BCUT2D eigenvalue weighted by Crippen LogP contribution is 2.35. The molecule has 0 atom stereocenters. The molecule has 2 aromatic carbocycles. The minimum Gasteiger partial charge on any atom is -0.488 e. The summed E-state index contributed by atoms with van der Waals surface area (Å²) < 4.78 is 5.67. The van der Waals surface area contributed by atoms with Crippen LogP contribution >= 0.6 is 23.2 Å². The number of Topliss-reactive ketones (excluding diaryl/α,β-unsaturated/α-hetero) is 1. The fraction of sp³-hybridized carbons (Fsp3) is 0.318. The Labute approximate surface area is 170 Å². The van der Waals surface area contributed by atoms with Gasteiger partial charge in [0, 0.05) is 31.6 Å². The van der Waals surface area contributed by atoms with Crippen LogP contribution in [0.3, 0.4) is 0 Å². The minimum absolute atomic E-state index is 0.0179. The molecule has 2 aromatic rings. The lowest BCUT2D eigenvalue weighted by Gasteiger charge is -2.28. The quantitative estimate of drug-likeness (QED) is 0.604. The second kappa shape index (κ2) is 8.92. The summed E-state index contributed by atoms with van der Waals surface area (Å²) in [4.78, 5) is 14.7. The van der Waals surface area contributed by atoms with Gasteiger partial charge in [0.2, 0.25) is 0 Å². The number of hydrogen-bond acceptors (Lipinski definition) is 3. The van der Waals surface area contributed by atoms with Crippen LogP contribution in [0.5, 0.6) is 5.75 Å². The zero-order valence-corrected chi connectivity index (χ0v) is 17.1. The molecule has 0 saturated carbocycles. The van der Waals surface area contributed by atoms with Crippen LogP contribution in [0.1, 0.15) is 31.4 Å². The van der Waals surface area contributed by atoms with Crippen molar-refractivity contribution in [2.45, 2.75) is 32.9 Å². The van der Waals surface area contributed by atoms with Crippen LogP contribution in [0.4, 0.5) is 0 Å². The van der Waals surface area contributed by atoms with Crippen molar-refractivity contribution >= 4 is 35.1 Å². The second-order valence-corrected chi connectivity index (χ2v) is 7.83. The van der Waals surface area contributed by atoms with Gasteiger partial charge in [-0.3, -0.25) is 9.69 Å². The summed E-state index contributed by atoms with van der Waals surface area (Å²) in [7, 11) is 0. The van der Waals surface area contributed by atoms with Gasteiger partial charge in [-0.25, -0.2) is 0 Å². The number of ketones is 1. The topological polar surface area (TPSA) is 29.5 Å². The van der Waals surface area contributed by atoms with E-state index in [1.165, 1.54) is 5.56 Å². The van der Waals surface area contributed by atoms with Crippen molar-refractivity contribution in [1.29, 1.82) is 0 Å². The molecule has 1 saturated heterocycles. The van der Waals surface area contributed by atoms with Crippen LogP contribution in [0.15, 0.2) is 48.0 Å². The molecule has 0 amide bonds. The van der Waals surface area contributed by atoms with Gasteiger partial charge in [-0.05, 0) is 43.2 Å². The van der Waals surface area contributed by atoms with Crippen LogP contribution < -0.4 is 4.74 Å². The Bertz CT molecular complexity index is 824. The molecular formula is C22H23Cl2NO2.